The minimum atomic E-state index is -0.0291. The largest absolute Gasteiger partial charge is 0.496 e. The summed E-state index contributed by atoms with van der Waals surface area (Å²) in [5, 5.41) is 7.53. The third kappa shape index (κ3) is 4.89. The molecule has 136 valence electrons. The summed E-state index contributed by atoms with van der Waals surface area (Å²) in [6.07, 6.45) is 2.82. The summed E-state index contributed by atoms with van der Waals surface area (Å²) in [7, 11) is 5.13. The van der Waals surface area contributed by atoms with Gasteiger partial charge in [-0.05, 0) is 31.0 Å². The van der Waals surface area contributed by atoms with E-state index in [-0.39, 0.29) is 12.5 Å². The fraction of sp³-hybridized carbons (Fsp3) is 0.444. The number of hydrogen-bond donors (Lipinski definition) is 3. The second-order valence-corrected chi connectivity index (χ2v) is 5.86. The summed E-state index contributed by atoms with van der Waals surface area (Å²) in [4.78, 5) is 20.8. The van der Waals surface area contributed by atoms with E-state index in [1.165, 1.54) is 10.5 Å². The fourth-order valence-corrected chi connectivity index (χ4v) is 2.53. The summed E-state index contributed by atoms with van der Waals surface area (Å²) in [6.45, 7) is 3.56. The standard InChI is InChI=1S/C18H27N5O2/c1-5-19-18(22-12-16(24)23(2)3)20-10-9-13-11-21-14-7-6-8-15(25-4)17(13)14/h6-8,11,21H,5,9-10,12H2,1-4H3,(H2,19,20,22). The number of carbonyl (C=O) groups is 1. The molecular formula is C18H27N5O2. The molecule has 0 radical (unpaired) electrons. The smallest absolute Gasteiger partial charge is 0.243 e. The van der Waals surface area contributed by atoms with Crippen molar-refractivity contribution >= 4 is 22.8 Å². The van der Waals surface area contributed by atoms with Gasteiger partial charge in [0, 0.05) is 44.3 Å². The van der Waals surface area contributed by atoms with Gasteiger partial charge in [-0.2, -0.15) is 0 Å². The number of H-pyrrole nitrogens is 1. The summed E-state index contributed by atoms with van der Waals surface area (Å²) >= 11 is 0. The average molecular weight is 345 g/mol. The Kier molecular flexibility index (Phi) is 6.68. The normalized spacial score (nSPS) is 11.4. The van der Waals surface area contributed by atoms with E-state index < -0.39 is 0 Å². The number of carbonyl (C=O) groups excluding carboxylic acids is 1. The number of guanidine groups is 1. The molecular weight excluding hydrogens is 318 g/mol. The van der Waals surface area contributed by atoms with E-state index in [1.807, 2.05) is 31.3 Å². The summed E-state index contributed by atoms with van der Waals surface area (Å²) in [6, 6.07) is 5.97. The topological polar surface area (TPSA) is 81.8 Å². The Balaban J connectivity index is 2.00. The van der Waals surface area contributed by atoms with Crippen LogP contribution in [0, 0.1) is 0 Å². The molecule has 0 saturated carbocycles. The van der Waals surface area contributed by atoms with Gasteiger partial charge >= 0.3 is 0 Å². The highest BCUT2D eigenvalue weighted by Gasteiger charge is 2.09. The van der Waals surface area contributed by atoms with Gasteiger partial charge < -0.3 is 25.3 Å². The van der Waals surface area contributed by atoms with Crippen molar-refractivity contribution < 1.29 is 9.53 Å². The first-order valence-corrected chi connectivity index (χ1v) is 8.42. The lowest BCUT2D eigenvalue weighted by atomic mass is 10.1. The molecule has 7 heteroatoms. The van der Waals surface area contributed by atoms with Crippen molar-refractivity contribution in [3.05, 3.63) is 30.0 Å². The van der Waals surface area contributed by atoms with Gasteiger partial charge in [-0.15, -0.1) is 0 Å². The zero-order valence-electron chi connectivity index (χ0n) is 15.3. The second kappa shape index (κ2) is 8.96. The number of likely N-dealkylation sites (N-methyl/N-ethyl adjacent to an activating group) is 1. The SMILES string of the molecule is CCNC(=NCC(=O)N(C)C)NCCc1c[nH]c2cccc(OC)c12. The molecule has 1 aromatic heterocycles. The number of aromatic nitrogens is 1. The minimum Gasteiger partial charge on any atom is -0.496 e. The van der Waals surface area contributed by atoms with E-state index in [2.05, 4.69) is 20.6 Å². The van der Waals surface area contributed by atoms with Crippen molar-refractivity contribution in [2.45, 2.75) is 13.3 Å². The van der Waals surface area contributed by atoms with Crippen LogP contribution in [0.1, 0.15) is 12.5 Å². The molecule has 0 fully saturated rings. The number of amides is 1. The minimum absolute atomic E-state index is 0.0291. The Labute approximate surface area is 148 Å². The van der Waals surface area contributed by atoms with Crippen LogP contribution in [0.25, 0.3) is 10.9 Å². The highest BCUT2D eigenvalue weighted by Crippen LogP contribution is 2.28. The van der Waals surface area contributed by atoms with Crippen LogP contribution in [0.3, 0.4) is 0 Å². The van der Waals surface area contributed by atoms with E-state index in [0.717, 1.165) is 29.6 Å². The Bertz CT molecular complexity index is 736. The Hall–Kier alpha value is -2.70. The molecule has 3 N–H and O–H groups in total. The average Bonchev–Trinajstić information content (AvgIpc) is 3.02. The van der Waals surface area contributed by atoms with Gasteiger partial charge in [0.05, 0.1) is 7.11 Å². The van der Waals surface area contributed by atoms with Gasteiger partial charge in [0.1, 0.15) is 12.3 Å². The predicted octanol–water partition coefficient (Wildman–Crippen LogP) is 1.36. The highest BCUT2D eigenvalue weighted by molar-refractivity contribution is 5.89. The molecule has 0 bridgehead atoms. The van der Waals surface area contributed by atoms with E-state index in [4.69, 9.17) is 4.74 Å². The first-order chi connectivity index (χ1) is 12.1. The van der Waals surface area contributed by atoms with Crippen molar-refractivity contribution in [3.63, 3.8) is 0 Å². The molecule has 0 spiro atoms. The molecule has 1 amide bonds. The third-order valence-electron chi connectivity index (χ3n) is 3.87. The molecule has 25 heavy (non-hydrogen) atoms. The highest BCUT2D eigenvalue weighted by atomic mass is 16.5. The molecule has 2 aromatic rings. The summed E-state index contributed by atoms with van der Waals surface area (Å²) in [5.41, 5.74) is 2.24. The molecule has 1 heterocycles. The molecule has 2 rings (SSSR count). The molecule has 7 nitrogen and oxygen atoms in total. The van der Waals surface area contributed by atoms with Crippen molar-refractivity contribution in [3.8, 4) is 5.75 Å². The first kappa shape index (κ1) is 18.6. The van der Waals surface area contributed by atoms with Crippen LogP contribution in [-0.2, 0) is 11.2 Å². The van der Waals surface area contributed by atoms with E-state index >= 15 is 0 Å². The van der Waals surface area contributed by atoms with Crippen LogP contribution in [0.4, 0.5) is 0 Å². The number of benzene rings is 1. The van der Waals surface area contributed by atoms with Gasteiger partial charge in [0.2, 0.25) is 5.91 Å². The van der Waals surface area contributed by atoms with Gasteiger partial charge in [-0.25, -0.2) is 4.99 Å². The lowest BCUT2D eigenvalue weighted by molar-refractivity contribution is -0.127. The van der Waals surface area contributed by atoms with Crippen LogP contribution >= 0.6 is 0 Å². The maximum Gasteiger partial charge on any atom is 0.243 e. The lowest BCUT2D eigenvalue weighted by Gasteiger charge is -2.12. The van der Waals surface area contributed by atoms with Gasteiger partial charge in [-0.1, -0.05) is 6.07 Å². The fourth-order valence-electron chi connectivity index (χ4n) is 2.53. The number of aliphatic imine (C=N–C) groups is 1. The van der Waals surface area contributed by atoms with Crippen molar-refractivity contribution in [2.24, 2.45) is 4.99 Å². The molecule has 0 saturated heterocycles. The number of ether oxygens (including phenoxy) is 1. The van der Waals surface area contributed by atoms with Crippen LogP contribution in [0.15, 0.2) is 29.4 Å². The van der Waals surface area contributed by atoms with Crippen molar-refractivity contribution in [1.82, 2.24) is 20.5 Å². The van der Waals surface area contributed by atoms with Gasteiger partial charge in [0.15, 0.2) is 5.96 Å². The Morgan fingerprint density at radius 1 is 1.32 bits per heavy atom. The van der Waals surface area contributed by atoms with Crippen LogP contribution in [-0.4, -0.2) is 62.6 Å². The quantitative estimate of drug-likeness (QED) is 0.523. The Morgan fingerprint density at radius 3 is 2.80 bits per heavy atom. The number of rotatable bonds is 7. The monoisotopic (exact) mass is 345 g/mol. The summed E-state index contributed by atoms with van der Waals surface area (Å²) in [5.74, 6) is 1.48. The zero-order valence-corrected chi connectivity index (χ0v) is 15.3. The number of aromatic amines is 1. The van der Waals surface area contributed by atoms with Crippen molar-refractivity contribution in [2.75, 3.05) is 40.8 Å². The maximum atomic E-state index is 11.7. The number of methoxy groups -OCH3 is 1. The second-order valence-electron chi connectivity index (χ2n) is 5.86. The number of nitrogens with one attached hydrogen (secondary N) is 3. The molecule has 1 aromatic carbocycles. The Morgan fingerprint density at radius 2 is 2.12 bits per heavy atom. The molecule has 0 atom stereocenters. The number of nitrogens with zero attached hydrogens (tertiary/aromatic N) is 2. The van der Waals surface area contributed by atoms with Crippen LogP contribution < -0.4 is 15.4 Å². The lowest BCUT2D eigenvalue weighted by Crippen LogP contribution is -2.39. The zero-order chi connectivity index (χ0) is 18.2. The molecule has 0 aliphatic carbocycles. The van der Waals surface area contributed by atoms with Crippen LogP contribution in [0.2, 0.25) is 0 Å². The summed E-state index contributed by atoms with van der Waals surface area (Å²) < 4.78 is 5.46. The third-order valence-corrected chi connectivity index (χ3v) is 3.87. The van der Waals surface area contributed by atoms with E-state index in [9.17, 15) is 4.79 Å². The van der Waals surface area contributed by atoms with Crippen LogP contribution in [0.5, 0.6) is 5.75 Å². The van der Waals surface area contributed by atoms with Crippen molar-refractivity contribution in [1.29, 1.82) is 0 Å². The van der Waals surface area contributed by atoms with Gasteiger partial charge in [0.25, 0.3) is 0 Å². The first-order valence-electron chi connectivity index (χ1n) is 8.42. The number of fused-ring (bicyclic) bond motifs is 1. The van der Waals surface area contributed by atoms with Gasteiger partial charge in [-0.3, -0.25) is 4.79 Å². The number of hydrogen-bond acceptors (Lipinski definition) is 3. The predicted molar refractivity (Wildman–Crippen MR) is 101 cm³/mol. The van der Waals surface area contributed by atoms with E-state index in [0.29, 0.717) is 12.5 Å². The van der Waals surface area contributed by atoms with E-state index in [1.54, 1.807) is 21.2 Å². The molecule has 0 unspecified atom stereocenters. The molecule has 0 aliphatic heterocycles. The maximum absolute atomic E-state index is 11.7. The molecule has 0 aliphatic rings.